The molecule has 2 saturated carbocycles. The summed E-state index contributed by atoms with van der Waals surface area (Å²) in [6.45, 7) is 18.4. The van der Waals surface area contributed by atoms with Crippen LogP contribution in [0.3, 0.4) is 0 Å². The number of pyridine rings is 2. The minimum atomic E-state index is -3.62. The topological polar surface area (TPSA) is 342 Å². The number of H-pyrrole nitrogens is 4. The van der Waals surface area contributed by atoms with E-state index < -0.39 is 16.0 Å². The third-order valence-corrected chi connectivity index (χ3v) is 26.0. The molecular weight excluding hydrogens is 1630 g/mol. The van der Waals surface area contributed by atoms with Gasteiger partial charge in [-0.3, -0.25) is 28.9 Å². The number of aromatic amines is 4. The summed E-state index contributed by atoms with van der Waals surface area (Å²) >= 11 is 0. The van der Waals surface area contributed by atoms with Gasteiger partial charge in [0.15, 0.2) is 5.78 Å². The number of carbonyl (C=O) groups is 4. The fourth-order valence-electron chi connectivity index (χ4n) is 16.7. The molecule has 0 unspecified atom stereocenters. The van der Waals surface area contributed by atoms with Crippen LogP contribution in [-0.2, 0) is 43.9 Å². The van der Waals surface area contributed by atoms with Crippen LogP contribution in [0.25, 0.3) is 66.6 Å². The predicted octanol–water partition coefficient (Wildman–Crippen LogP) is 13.1. The second-order valence-corrected chi connectivity index (χ2v) is 35.0. The minimum Gasteiger partial charge on any atom is -0.481 e. The number of nitrogens with zero attached hydrogens (tertiary/aromatic N) is 18. The molecule has 6 fully saturated rings. The maximum absolute atomic E-state index is 13.5. The number of nitrogens with one attached hydrogen (secondary N) is 5. The average molecular weight is 1730 g/mol. The van der Waals surface area contributed by atoms with Crippen LogP contribution in [0.4, 0.5) is 33.3 Å². The number of Topliss-reactive ketones (excluding diaryl/α,β-unsaturated/α-hetero) is 1. The summed E-state index contributed by atoms with van der Waals surface area (Å²) in [5.41, 5.74) is 17.5. The molecule has 10 aromatic heterocycles. The average Bonchev–Trinajstić information content (AvgIpc) is 1.64. The van der Waals surface area contributed by atoms with Crippen LogP contribution in [0.15, 0.2) is 184 Å². The fraction of sp³-hybridized carbons (Fsp3) is 0.347. The Kier molecular flexibility index (Phi) is 25.9. The van der Waals surface area contributed by atoms with Crippen molar-refractivity contribution in [1.29, 1.82) is 0 Å². The van der Waals surface area contributed by atoms with Crippen molar-refractivity contribution in [3.8, 4) is 28.4 Å². The monoisotopic (exact) mass is 1730 g/mol. The highest BCUT2D eigenvalue weighted by molar-refractivity contribution is 7.90. The summed E-state index contributed by atoms with van der Waals surface area (Å²) < 4.78 is 48.6. The number of fused-ring (bicyclic) bond motifs is 4. The van der Waals surface area contributed by atoms with Crippen molar-refractivity contribution in [2.24, 2.45) is 5.92 Å². The number of halogens is 1. The first-order valence-electron chi connectivity index (χ1n) is 43.6. The highest BCUT2D eigenvalue weighted by atomic mass is 32.2. The van der Waals surface area contributed by atoms with Gasteiger partial charge in [0.1, 0.15) is 77.0 Å². The molecule has 0 radical (unpaired) electrons. The molecule has 0 bridgehead atoms. The lowest BCUT2D eigenvalue weighted by atomic mass is 10.1. The smallest absolute Gasteiger partial charge is 0.301 e. The molecule has 0 atom stereocenters. The van der Waals surface area contributed by atoms with Crippen molar-refractivity contribution in [2.45, 2.75) is 97.8 Å². The van der Waals surface area contributed by atoms with E-state index in [1.165, 1.54) is 63.8 Å². The minimum absolute atomic E-state index is 0.0271. The summed E-state index contributed by atoms with van der Waals surface area (Å²) in [7, 11) is -2.13. The maximum Gasteiger partial charge on any atom is 0.301 e. The number of hydrogen-bond donors (Lipinski definition) is 5. The normalized spacial score (nSPS) is 15.7. The standard InChI is InChI=1S/C24H24FN7O2.C24H26N6O2S.C24H27N5O2.C23H27N5O/c1-34-24-16(11-18(25)14-27-24)4-5-21(33)31-7-9-32(10-8-31)23-19-12-20(17-3-2-6-26-13-17)30-22(19)28-15-29-23;1-17-3-7-19(8-4-17)22-15-21-23(27-22)25-16-26-24(21)29-11-13-30(14-12-29)33(31,32)28-20-9-5-18(2)6-10-20;1-16-2-4-17(5-3-16)6-9-20(30)28-10-12-29(13-11-28)24-21-19(22(31)18-7-8-18)14-25-23(21)26-15-27-24;1-16-2-4-17(5-3-16)6-9-21(29)27-10-12-28(13-11-27)23-19-14-20(18-7-8-18)26-22(19)24-15-25-23/h2-3,6,11-15H,4-5,7-10H2,1H3,(H,28,29,30);3-10,15-16,28H,11-14H2,1-2H3,(H,25,26,27);2-5,14-15,18H,6-13H2,1H3,(H,25,26,27);2-5,14-15,18H,6-13H2,1H3,(H,24,25,26). The Morgan fingerprint density at radius 3 is 1.39 bits per heavy atom. The Morgan fingerprint density at radius 1 is 0.465 bits per heavy atom. The van der Waals surface area contributed by atoms with Crippen LogP contribution in [-0.4, -0.2) is 233 Å². The van der Waals surface area contributed by atoms with Gasteiger partial charge in [-0.1, -0.05) is 107 Å². The van der Waals surface area contributed by atoms with Gasteiger partial charge in [0.25, 0.3) is 0 Å². The zero-order chi connectivity index (χ0) is 87.7. The van der Waals surface area contributed by atoms with Gasteiger partial charge in [-0.2, -0.15) is 12.7 Å². The number of piperazine rings is 4. The van der Waals surface area contributed by atoms with E-state index in [2.05, 4.69) is 200 Å². The first kappa shape index (κ1) is 85.5. The van der Waals surface area contributed by atoms with Crippen molar-refractivity contribution in [2.75, 3.05) is 136 Å². The van der Waals surface area contributed by atoms with Crippen LogP contribution < -0.4 is 29.1 Å². The van der Waals surface area contributed by atoms with E-state index in [0.29, 0.717) is 132 Å². The number of amides is 3. The number of rotatable bonds is 22. The molecule has 32 heteroatoms. The number of aryl methyl sites for hydroxylation is 7. The third kappa shape index (κ3) is 20.5. The Balaban J connectivity index is 0.000000119. The van der Waals surface area contributed by atoms with E-state index in [1.807, 2.05) is 52.0 Å². The molecule has 4 aromatic carbocycles. The number of benzene rings is 4. The molecule has 2 aliphatic carbocycles. The van der Waals surface area contributed by atoms with Crippen LogP contribution >= 0.6 is 0 Å². The molecule has 14 aromatic rings. The predicted molar refractivity (Wildman–Crippen MR) is 490 cm³/mol. The first-order valence-corrected chi connectivity index (χ1v) is 45.0. The Bertz CT molecular complexity index is 6330. The fourth-order valence-corrected chi connectivity index (χ4v) is 17.9. The second kappa shape index (κ2) is 38.5. The molecular formula is C95H104FN23O7S. The number of anilines is 5. The molecule has 14 heterocycles. The third-order valence-electron chi connectivity index (χ3n) is 24.4. The molecule has 30 nitrogen and oxygen atoms in total. The van der Waals surface area contributed by atoms with Gasteiger partial charge in [-0.05, 0) is 144 Å². The lowest BCUT2D eigenvalue weighted by Crippen LogP contribution is -2.50. The van der Waals surface area contributed by atoms with Gasteiger partial charge in [0.2, 0.25) is 23.6 Å². The lowest BCUT2D eigenvalue weighted by Gasteiger charge is -2.35. The van der Waals surface area contributed by atoms with Crippen molar-refractivity contribution in [1.82, 2.24) is 88.8 Å². The second-order valence-electron chi connectivity index (χ2n) is 33.4. The number of aromatic nitrogens is 14. The van der Waals surface area contributed by atoms with Crippen LogP contribution in [0.1, 0.15) is 106 Å². The molecule has 127 heavy (non-hydrogen) atoms. The molecule has 6 aliphatic rings. The molecule has 4 aliphatic heterocycles. The summed E-state index contributed by atoms with van der Waals surface area (Å²) in [6.07, 6.45) is 20.5. The lowest BCUT2D eigenvalue weighted by molar-refractivity contribution is -0.132. The van der Waals surface area contributed by atoms with E-state index >= 15 is 0 Å². The quantitative estimate of drug-likeness (QED) is 0.0394. The number of hydrogen-bond acceptors (Lipinski definition) is 21. The molecule has 5 N–H and O–H groups in total. The number of ether oxygens (including phenoxy) is 1. The van der Waals surface area contributed by atoms with Crippen molar-refractivity contribution >= 4 is 107 Å². The summed E-state index contributed by atoms with van der Waals surface area (Å²) in [4.78, 5) is 122. The zero-order valence-electron chi connectivity index (χ0n) is 72.1. The number of methoxy groups -OCH3 is 1. The van der Waals surface area contributed by atoms with Gasteiger partial charge in [-0.15, -0.1) is 0 Å². The van der Waals surface area contributed by atoms with Gasteiger partial charge >= 0.3 is 10.2 Å². The van der Waals surface area contributed by atoms with Gasteiger partial charge < -0.3 is 59.0 Å². The van der Waals surface area contributed by atoms with Crippen molar-refractivity contribution in [3.05, 3.63) is 240 Å². The number of carbonyl (C=O) groups excluding carboxylic acids is 4. The summed E-state index contributed by atoms with van der Waals surface area (Å²) in [5.74, 6) is 4.83. The Labute approximate surface area is 736 Å². The van der Waals surface area contributed by atoms with Crippen LogP contribution in [0.5, 0.6) is 5.88 Å². The SMILES string of the molecule is COc1ncc(F)cc1CCC(=O)N1CCN(c2ncnc3[nH]c(-c4cccnc4)cc23)CC1.Cc1ccc(CCC(=O)N2CCN(c3ncnc4[nH]c(C5CC5)cc34)CC2)cc1.Cc1ccc(CCC(=O)N2CCN(c3ncnc4[nH]cc(C(=O)C5CC5)c34)CC2)cc1.Cc1ccc(NS(=O)(=O)N2CCN(c3ncnc4[nH]c(-c5ccc(C)cc5)cc34)CC2)cc1. The number of ketones is 1. The van der Waals surface area contributed by atoms with E-state index in [9.17, 15) is 32.0 Å². The van der Waals surface area contributed by atoms with Gasteiger partial charge in [-0.25, -0.2) is 49.2 Å². The molecule has 20 rings (SSSR count). The highest BCUT2D eigenvalue weighted by Gasteiger charge is 2.36. The van der Waals surface area contributed by atoms with Crippen molar-refractivity contribution in [3.63, 3.8) is 0 Å². The van der Waals surface area contributed by atoms with Crippen molar-refractivity contribution < 1.29 is 36.7 Å². The summed E-state index contributed by atoms with van der Waals surface area (Å²) in [6, 6.07) is 44.1. The maximum atomic E-state index is 13.5. The van der Waals surface area contributed by atoms with E-state index in [-0.39, 0.29) is 35.8 Å². The van der Waals surface area contributed by atoms with Crippen LogP contribution in [0.2, 0.25) is 0 Å². The highest BCUT2D eigenvalue weighted by Crippen LogP contribution is 2.42. The zero-order valence-corrected chi connectivity index (χ0v) is 72.9. The van der Waals surface area contributed by atoms with Crippen LogP contribution in [0, 0.1) is 39.4 Å². The van der Waals surface area contributed by atoms with E-state index in [0.717, 1.165) is 148 Å². The van der Waals surface area contributed by atoms with E-state index in [1.54, 1.807) is 56.0 Å². The van der Waals surface area contributed by atoms with E-state index in [4.69, 9.17) is 4.74 Å². The Morgan fingerprint density at radius 2 is 0.906 bits per heavy atom. The molecule has 0 spiro atoms. The Hall–Kier alpha value is -13.6. The first-order chi connectivity index (χ1) is 61.8. The molecule has 4 saturated heterocycles. The molecule has 654 valence electrons. The van der Waals surface area contributed by atoms with Gasteiger partial charge in [0.05, 0.1) is 34.9 Å². The summed E-state index contributed by atoms with van der Waals surface area (Å²) in [5, 5.41) is 3.79. The largest absolute Gasteiger partial charge is 0.481 e. The van der Waals surface area contributed by atoms with Gasteiger partial charge in [0, 0.05) is 188 Å². The molecule has 3 amide bonds.